The molecule has 0 spiro atoms. The third-order valence-corrected chi connectivity index (χ3v) is 3.87. The lowest BCUT2D eigenvalue weighted by atomic mass is 9.91. The summed E-state index contributed by atoms with van der Waals surface area (Å²) in [7, 11) is 0. The van der Waals surface area contributed by atoms with Crippen LogP contribution in [0.15, 0.2) is 18.3 Å². The number of aromatic nitrogens is 1. The minimum atomic E-state index is 0.520. The maximum atomic E-state index is 4.44. The summed E-state index contributed by atoms with van der Waals surface area (Å²) in [6.07, 6.45) is 8.63. The first kappa shape index (κ1) is 12.6. The number of aryl methyl sites for hydroxylation is 1. The maximum Gasteiger partial charge on any atom is 0.0420 e. The number of pyridine rings is 1. The molecule has 1 aliphatic rings. The first-order valence-electron chi connectivity index (χ1n) is 6.97. The Morgan fingerprint density at radius 1 is 1.41 bits per heavy atom. The Morgan fingerprint density at radius 2 is 2.18 bits per heavy atom. The molecule has 0 amide bonds. The van der Waals surface area contributed by atoms with Gasteiger partial charge in [0, 0.05) is 17.9 Å². The van der Waals surface area contributed by atoms with E-state index in [1.54, 1.807) is 0 Å². The van der Waals surface area contributed by atoms with Crippen molar-refractivity contribution in [3.05, 3.63) is 29.6 Å². The zero-order chi connectivity index (χ0) is 12.1. The minimum Gasteiger partial charge on any atom is -0.310 e. The van der Waals surface area contributed by atoms with Gasteiger partial charge in [0.25, 0.3) is 0 Å². The monoisotopic (exact) mass is 232 g/mol. The molecule has 0 aliphatic heterocycles. The number of nitrogens with zero attached hydrogens (tertiary/aromatic N) is 1. The smallest absolute Gasteiger partial charge is 0.0420 e. The van der Waals surface area contributed by atoms with E-state index in [9.17, 15) is 0 Å². The Kier molecular flexibility index (Phi) is 4.55. The van der Waals surface area contributed by atoms with Crippen molar-refractivity contribution in [1.82, 2.24) is 10.3 Å². The molecule has 0 radical (unpaired) electrons. The van der Waals surface area contributed by atoms with Gasteiger partial charge in [-0.2, -0.15) is 0 Å². The van der Waals surface area contributed by atoms with E-state index >= 15 is 0 Å². The first-order chi connectivity index (χ1) is 8.33. The van der Waals surface area contributed by atoms with Crippen LogP contribution in [0.1, 0.15) is 56.3 Å². The van der Waals surface area contributed by atoms with Crippen LogP contribution in [-0.4, -0.2) is 11.5 Å². The molecule has 17 heavy (non-hydrogen) atoms. The molecule has 1 unspecified atom stereocenters. The van der Waals surface area contributed by atoms with Gasteiger partial charge < -0.3 is 5.32 Å². The summed E-state index contributed by atoms with van der Waals surface area (Å²) in [5.74, 6) is 0.810. The van der Waals surface area contributed by atoms with Crippen molar-refractivity contribution >= 4 is 0 Å². The fourth-order valence-corrected chi connectivity index (χ4v) is 2.95. The Bertz CT molecular complexity index is 343. The highest BCUT2D eigenvalue weighted by molar-refractivity contribution is 5.23. The highest BCUT2D eigenvalue weighted by atomic mass is 14.9. The molecule has 0 aromatic carbocycles. The topological polar surface area (TPSA) is 24.9 Å². The zero-order valence-electron chi connectivity index (χ0n) is 11.1. The van der Waals surface area contributed by atoms with Crippen molar-refractivity contribution in [2.45, 2.75) is 52.0 Å². The molecule has 1 aromatic rings. The number of nitrogens with one attached hydrogen (secondary N) is 1. The molecule has 2 heteroatoms. The number of rotatable bonds is 5. The summed E-state index contributed by atoms with van der Waals surface area (Å²) >= 11 is 0. The van der Waals surface area contributed by atoms with E-state index in [1.165, 1.54) is 43.4 Å². The van der Waals surface area contributed by atoms with E-state index in [2.05, 4.69) is 36.3 Å². The minimum absolute atomic E-state index is 0.520. The normalized spacial score (nSPS) is 18.5. The van der Waals surface area contributed by atoms with Crippen LogP contribution < -0.4 is 5.32 Å². The van der Waals surface area contributed by atoms with Crippen molar-refractivity contribution in [1.29, 1.82) is 0 Å². The molecule has 2 nitrogen and oxygen atoms in total. The van der Waals surface area contributed by atoms with Crippen LogP contribution in [0.25, 0.3) is 0 Å². The molecule has 1 N–H and O–H groups in total. The van der Waals surface area contributed by atoms with Gasteiger partial charge in [-0.15, -0.1) is 0 Å². The molecule has 94 valence electrons. The van der Waals surface area contributed by atoms with Crippen LogP contribution in [-0.2, 0) is 0 Å². The molecule has 2 rings (SSSR count). The van der Waals surface area contributed by atoms with Crippen LogP contribution in [0, 0.1) is 12.8 Å². The SMILES string of the molecule is CCCNC(c1cccnc1C)C1CCCC1. The van der Waals surface area contributed by atoms with E-state index in [1.807, 2.05) is 6.20 Å². The largest absolute Gasteiger partial charge is 0.310 e. The third kappa shape index (κ3) is 3.06. The Labute approximate surface area is 105 Å². The Balaban J connectivity index is 2.16. The molecule has 1 aromatic heterocycles. The lowest BCUT2D eigenvalue weighted by molar-refractivity contribution is 0.366. The lowest BCUT2D eigenvalue weighted by Gasteiger charge is -2.26. The molecular weight excluding hydrogens is 208 g/mol. The van der Waals surface area contributed by atoms with Gasteiger partial charge in [0.1, 0.15) is 0 Å². The second-order valence-corrected chi connectivity index (χ2v) is 5.15. The maximum absolute atomic E-state index is 4.44. The van der Waals surface area contributed by atoms with E-state index in [0.29, 0.717) is 6.04 Å². The zero-order valence-corrected chi connectivity index (χ0v) is 11.1. The van der Waals surface area contributed by atoms with Gasteiger partial charge in [0.2, 0.25) is 0 Å². The van der Waals surface area contributed by atoms with Gasteiger partial charge in [0.15, 0.2) is 0 Å². The van der Waals surface area contributed by atoms with Crippen molar-refractivity contribution in [2.75, 3.05) is 6.54 Å². The molecule has 1 saturated carbocycles. The third-order valence-electron chi connectivity index (χ3n) is 3.87. The summed E-state index contributed by atoms with van der Waals surface area (Å²) in [6.45, 7) is 5.47. The molecule has 1 aliphatic carbocycles. The van der Waals surface area contributed by atoms with Crippen LogP contribution >= 0.6 is 0 Å². The van der Waals surface area contributed by atoms with Crippen molar-refractivity contribution in [2.24, 2.45) is 5.92 Å². The second kappa shape index (κ2) is 6.15. The fraction of sp³-hybridized carbons (Fsp3) is 0.667. The van der Waals surface area contributed by atoms with Crippen molar-refractivity contribution in [3.8, 4) is 0 Å². The van der Waals surface area contributed by atoms with E-state index in [0.717, 1.165) is 12.5 Å². The van der Waals surface area contributed by atoms with Crippen molar-refractivity contribution < 1.29 is 0 Å². The Morgan fingerprint density at radius 3 is 2.82 bits per heavy atom. The summed E-state index contributed by atoms with van der Waals surface area (Å²) in [5.41, 5.74) is 2.60. The molecule has 0 saturated heterocycles. The van der Waals surface area contributed by atoms with Crippen LogP contribution in [0.2, 0.25) is 0 Å². The summed E-state index contributed by atoms with van der Waals surface area (Å²) in [6, 6.07) is 4.83. The van der Waals surface area contributed by atoms with Crippen LogP contribution in [0.5, 0.6) is 0 Å². The average molecular weight is 232 g/mol. The van der Waals surface area contributed by atoms with E-state index in [-0.39, 0.29) is 0 Å². The fourth-order valence-electron chi connectivity index (χ4n) is 2.95. The van der Waals surface area contributed by atoms with Gasteiger partial charge in [-0.05, 0) is 50.3 Å². The van der Waals surface area contributed by atoms with Gasteiger partial charge in [-0.1, -0.05) is 25.8 Å². The summed E-state index contributed by atoms with van der Waals surface area (Å²) < 4.78 is 0. The van der Waals surface area contributed by atoms with E-state index < -0.39 is 0 Å². The number of hydrogen-bond acceptors (Lipinski definition) is 2. The Hall–Kier alpha value is -0.890. The molecular formula is C15H24N2. The molecule has 1 heterocycles. The first-order valence-corrected chi connectivity index (χ1v) is 6.97. The highest BCUT2D eigenvalue weighted by Crippen LogP contribution is 2.36. The van der Waals surface area contributed by atoms with Crippen molar-refractivity contribution in [3.63, 3.8) is 0 Å². The number of hydrogen-bond donors (Lipinski definition) is 1. The van der Waals surface area contributed by atoms with Crippen LogP contribution in [0.3, 0.4) is 0 Å². The molecule has 1 fully saturated rings. The predicted molar refractivity (Wildman–Crippen MR) is 72.0 cm³/mol. The average Bonchev–Trinajstić information content (AvgIpc) is 2.85. The van der Waals surface area contributed by atoms with Crippen LogP contribution in [0.4, 0.5) is 0 Å². The van der Waals surface area contributed by atoms with Gasteiger partial charge in [-0.25, -0.2) is 0 Å². The van der Waals surface area contributed by atoms with Gasteiger partial charge >= 0.3 is 0 Å². The van der Waals surface area contributed by atoms with Gasteiger partial charge in [-0.3, -0.25) is 4.98 Å². The molecule has 0 bridgehead atoms. The quantitative estimate of drug-likeness (QED) is 0.838. The standard InChI is InChI=1S/C15H24N2/c1-3-10-17-15(13-7-4-5-8-13)14-9-6-11-16-12(14)2/h6,9,11,13,15,17H,3-5,7-8,10H2,1-2H3. The summed E-state index contributed by atoms with van der Waals surface area (Å²) in [5, 5.41) is 3.73. The van der Waals surface area contributed by atoms with E-state index in [4.69, 9.17) is 0 Å². The summed E-state index contributed by atoms with van der Waals surface area (Å²) in [4.78, 5) is 4.44. The molecule has 1 atom stereocenters. The van der Waals surface area contributed by atoms with Gasteiger partial charge in [0.05, 0.1) is 0 Å². The highest BCUT2D eigenvalue weighted by Gasteiger charge is 2.26. The second-order valence-electron chi connectivity index (χ2n) is 5.15. The lowest BCUT2D eigenvalue weighted by Crippen LogP contribution is -2.28. The predicted octanol–water partition coefficient (Wildman–Crippen LogP) is 3.62.